The first-order chi connectivity index (χ1) is 47.6. The summed E-state index contributed by atoms with van der Waals surface area (Å²) in [5.41, 5.74) is 7.47. The van der Waals surface area contributed by atoms with E-state index >= 15 is 0 Å². The smallest absolute Gasteiger partial charge is 0.446 e. The van der Waals surface area contributed by atoms with E-state index in [1.54, 1.807) is 45.6 Å². The van der Waals surface area contributed by atoms with Crippen LogP contribution in [0.2, 0.25) is 6.04 Å². The van der Waals surface area contributed by atoms with Crippen LogP contribution in [0.25, 0.3) is 0 Å². The molecule has 1 aliphatic rings. The van der Waals surface area contributed by atoms with E-state index in [0.717, 1.165) is 82.3 Å². The largest absolute Gasteiger partial charge is 0.537 e. The fourth-order valence-electron chi connectivity index (χ4n) is 11.1. The maximum atomic E-state index is 13.1. The van der Waals surface area contributed by atoms with Gasteiger partial charge in [0.25, 0.3) is 0 Å². The molecule has 26 heteroatoms. The first kappa shape index (κ1) is 78.1. The topological polar surface area (TPSA) is 255 Å². The number of benzene rings is 6. The monoisotopic (exact) mass is 1420 g/mol. The summed E-state index contributed by atoms with van der Waals surface area (Å²) in [6, 6.07) is 45.0. The first-order valence-electron chi connectivity index (χ1n) is 33.6. The maximum Gasteiger partial charge on any atom is 0.537 e. The molecule has 6 aromatic carbocycles. The van der Waals surface area contributed by atoms with Gasteiger partial charge in [-0.2, -0.15) is 11.8 Å². The molecule has 0 radical (unpaired) electrons. The van der Waals surface area contributed by atoms with Crippen molar-refractivity contribution in [3.8, 4) is 0 Å². The van der Waals surface area contributed by atoms with Gasteiger partial charge in [-0.1, -0.05) is 84.9 Å². The summed E-state index contributed by atoms with van der Waals surface area (Å²) in [7, 11) is -3.90. The molecule has 1 saturated heterocycles. The van der Waals surface area contributed by atoms with Gasteiger partial charge in [0.15, 0.2) is 0 Å². The average Bonchev–Trinajstić information content (AvgIpc) is 1.05. The Morgan fingerprint density at radius 1 is 0.469 bits per heavy atom. The van der Waals surface area contributed by atoms with Crippen LogP contribution in [-0.2, 0) is 66.9 Å². The zero-order valence-corrected chi connectivity index (χ0v) is 61.7. The summed E-state index contributed by atoms with van der Waals surface area (Å²) in [6.07, 6.45) is 8.04. The third-order valence-corrected chi connectivity index (χ3v) is 25.8. The van der Waals surface area contributed by atoms with Crippen LogP contribution < -0.4 is 42.3 Å². The molecule has 1 aliphatic heterocycles. The number of rotatable bonds is 43. The average molecular weight is 1420 g/mol. The lowest BCUT2D eigenvalue weighted by Crippen LogP contribution is -2.56. The van der Waals surface area contributed by atoms with Crippen LogP contribution in [0.5, 0.6) is 0 Å². The Balaban J connectivity index is 0.830. The van der Waals surface area contributed by atoms with Gasteiger partial charge < -0.3 is 75.3 Å². The number of allylic oxidation sites excluding steroid dienone is 1. The first-order valence-corrected chi connectivity index (χ1v) is 40.1. The molecule has 1 heterocycles. The molecule has 6 N–H and O–H groups in total. The number of urea groups is 2. The highest BCUT2D eigenvalue weighted by Gasteiger charge is 2.45. The Kier molecular flexibility index (Phi) is 32.9. The SMILES string of the molecule is CCO[Si](OCC)(OCC)c1ccc(NC(=O)Nc2cccc(Cc3cccc(NC(=O)OC/C=C/CC(CCSCCC[Si](OC)(OC)OC)CCC4OC4COC(=O)Nc4cccc(Cc5cccc(NC(=O)Nc6ccc([Si](OCC)(OCC)OCC)cc6)c5)c4)c3)c2)cc1. The normalized spacial score (nSPS) is 14.1. The Hall–Kier alpha value is -7.26. The minimum atomic E-state index is -3.08. The van der Waals surface area contributed by atoms with Crippen molar-refractivity contribution in [3.63, 3.8) is 0 Å². The van der Waals surface area contributed by atoms with Crippen LogP contribution in [0, 0.1) is 5.92 Å². The number of anilines is 6. The van der Waals surface area contributed by atoms with Crippen LogP contribution in [0.4, 0.5) is 53.3 Å². The Morgan fingerprint density at radius 2 is 0.867 bits per heavy atom. The van der Waals surface area contributed by atoms with E-state index < -0.39 is 50.7 Å². The molecule has 0 bridgehead atoms. The molecule has 530 valence electrons. The second-order valence-electron chi connectivity index (χ2n) is 22.8. The van der Waals surface area contributed by atoms with Crippen LogP contribution in [0.1, 0.15) is 95.9 Å². The number of carbonyl (C=O) groups excluding carboxylic acids is 4. The van der Waals surface area contributed by atoms with Crippen molar-refractivity contribution in [1.29, 1.82) is 0 Å². The lowest BCUT2D eigenvalue weighted by molar-refractivity contribution is 0.0851. The van der Waals surface area contributed by atoms with Gasteiger partial charge in [-0.3, -0.25) is 10.6 Å². The van der Waals surface area contributed by atoms with Gasteiger partial charge in [0.05, 0.1) is 6.10 Å². The van der Waals surface area contributed by atoms with E-state index in [0.29, 0.717) is 92.5 Å². The van der Waals surface area contributed by atoms with E-state index in [1.807, 2.05) is 181 Å². The molecule has 0 saturated carbocycles. The second-order valence-corrected chi connectivity index (χ2v) is 32.2. The molecular formula is C72H98N6O16SSi3. The number of hydrogen-bond acceptors (Lipinski definition) is 17. The number of hydrogen-bond donors (Lipinski definition) is 6. The van der Waals surface area contributed by atoms with Gasteiger partial charge >= 0.3 is 50.7 Å². The summed E-state index contributed by atoms with van der Waals surface area (Å²) < 4.78 is 70.2. The predicted molar refractivity (Wildman–Crippen MR) is 393 cm³/mol. The Morgan fingerprint density at radius 3 is 1.28 bits per heavy atom. The number of epoxide rings is 1. The van der Waals surface area contributed by atoms with Crippen molar-refractivity contribution in [2.75, 3.05) is 118 Å². The summed E-state index contributed by atoms with van der Waals surface area (Å²) in [4.78, 5) is 52.3. The number of nitrogens with one attached hydrogen (secondary N) is 6. The molecule has 6 aromatic rings. The van der Waals surface area contributed by atoms with E-state index in [-0.39, 0.29) is 25.4 Å². The third kappa shape index (κ3) is 25.5. The zero-order chi connectivity index (χ0) is 70.0. The number of amides is 6. The van der Waals surface area contributed by atoms with Gasteiger partial charge in [0.1, 0.15) is 19.3 Å². The predicted octanol–water partition coefficient (Wildman–Crippen LogP) is 14.0. The van der Waals surface area contributed by atoms with E-state index in [4.69, 9.17) is 54.0 Å². The molecule has 3 unspecified atom stereocenters. The molecular weight excluding hydrogens is 1320 g/mol. The number of ether oxygens (including phenoxy) is 3. The van der Waals surface area contributed by atoms with Crippen molar-refractivity contribution >= 4 is 107 Å². The van der Waals surface area contributed by atoms with Crippen LogP contribution in [-0.4, -0.2) is 149 Å². The minimum absolute atomic E-state index is 0.0295. The summed E-state index contributed by atoms with van der Waals surface area (Å²) in [6.45, 7) is 14.4. The van der Waals surface area contributed by atoms with Crippen LogP contribution in [0.15, 0.2) is 158 Å². The van der Waals surface area contributed by atoms with Crippen molar-refractivity contribution in [1.82, 2.24) is 0 Å². The van der Waals surface area contributed by atoms with Crippen molar-refractivity contribution in [2.24, 2.45) is 5.92 Å². The van der Waals surface area contributed by atoms with E-state index in [2.05, 4.69) is 38.0 Å². The Bertz CT molecular complexity index is 3400. The van der Waals surface area contributed by atoms with Gasteiger partial charge in [-0.25, -0.2) is 19.2 Å². The lowest BCUT2D eigenvalue weighted by atomic mass is 9.95. The molecule has 22 nitrogen and oxygen atoms in total. The summed E-state index contributed by atoms with van der Waals surface area (Å²) in [5, 5.41) is 19.0. The Labute approximate surface area is 585 Å². The zero-order valence-electron chi connectivity index (χ0n) is 57.9. The molecule has 98 heavy (non-hydrogen) atoms. The highest BCUT2D eigenvalue weighted by molar-refractivity contribution is 7.99. The van der Waals surface area contributed by atoms with Gasteiger partial charge in [-0.15, -0.1) is 0 Å². The van der Waals surface area contributed by atoms with Gasteiger partial charge in [0, 0.05) is 112 Å². The highest BCUT2D eigenvalue weighted by Crippen LogP contribution is 2.32. The van der Waals surface area contributed by atoms with E-state index in [1.165, 1.54) is 0 Å². The molecule has 0 aromatic heterocycles. The minimum Gasteiger partial charge on any atom is -0.446 e. The van der Waals surface area contributed by atoms with Crippen molar-refractivity contribution in [3.05, 3.63) is 180 Å². The van der Waals surface area contributed by atoms with Crippen LogP contribution >= 0.6 is 11.8 Å². The highest BCUT2D eigenvalue weighted by atomic mass is 32.2. The maximum absolute atomic E-state index is 13.1. The lowest BCUT2D eigenvalue weighted by Gasteiger charge is -2.28. The summed E-state index contributed by atoms with van der Waals surface area (Å²) >= 11 is 1.89. The molecule has 3 atom stereocenters. The third-order valence-electron chi connectivity index (χ3n) is 15.8. The second kappa shape index (κ2) is 41.3. The van der Waals surface area contributed by atoms with E-state index in [9.17, 15) is 19.2 Å². The fourth-order valence-corrected chi connectivity index (χ4v) is 19.1. The molecule has 1 fully saturated rings. The van der Waals surface area contributed by atoms with Gasteiger partial charge in [0.2, 0.25) is 0 Å². The van der Waals surface area contributed by atoms with Crippen molar-refractivity contribution in [2.45, 2.75) is 105 Å². The van der Waals surface area contributed by atoms with Crippen molar-refractivity contribution < 1.29 is 73.2 Å². The standard InChI is InChI=1S/C72H98N6O16SSi3/c1-10-88-97(89-11-2,90-12-3)65-37-33-59(34-38-65)73-69(79)75-61-28-18-24-55(49-61)47-57-26-20-30-63(51-57)77-71(81)86-43-17-16-23-54(42-45-95-44-22-46-96(83-7,84-8)85-9)32-41-67-68(94-67)53-87-72(82)78-64-31-21-27-58(52-64)48-56-25-19-29-62(50-56)76-70(80)74-60-35-39-66(40-36-60)98(91-13-4,92-14-5)93-15-6/h16-21,24-31,33-40,49-52,54,67-68H,10-15,22-23,32,41-48,53H2,1-9H3,(H,77,81)(H,78,82)(H2,73,75,79)(H2,74,76,80)/b17-16+. The quantitative estimate of drug-likeness (QED) is 0.00900. The number of thioether (sulfide) groups is 1. The molecule has 0 aliphatic carbocycles. The van der Waals surface area contributed by atoms with Crippen LogP contribution in [0.3, 0.4) is 0 Å². The summed E-state index contributed by atoms with van der Waals surface area (Å²) in [5.74, 6) is 2.24. The van der Waals surface area contributed by atoms with Gasteiger partial charge in [-0.05, 0) is 199 Å². The molecule has 7 rings (SSSR count). The molecule has 6 amide bonds. The number of carbonyl (C=O) groups is 4. The fraction of sp³-hybridized carbons (Fsp3) is 0.417. The molecule has 0 spiro atoms.